The third-order valence-corrected chi connectivity index (χ3v) is 11.0. The van der Waals surface area contributed by atoms with Crippen LogP contribution >= 0.6 is 11.7 Å². The van der Waals surface area contributed by atoms with Gasteiger partial charge in [0.05, 0.1) is 31.0 Å². The molecule has 1 aliphatic rings. The first-order valence-corrected chi connectivity index (χ1v) is 14.6. The highest BCUT2D eigenvalue weighted by Crippen LogP contribution is 2.38. The topological polar surface area (TPSA) is 77.0 Å². The van der Waals surface area contributed by atoms with E-state index in [0.29, 0.717) is 32.2 Å². The number of rotatable bonds is 8. The monoisotopic (exact) mass is 472 g/mol. The zero-order chi connectivity index (χ0) is 23.4. The van der Waals surface area contributed by atoms with Crippen LogP contribution in [-0.4, -0.2) is 79.0 Å². The van der Waals surface area contributed by atoms with Crippen LogP contribution in [0.25, 0.3) is 0 Å². The third-order valence-electron chi connectivity index (χ3n) is 6.00. The number of aromatic nitrogens is 2. The van der Waals surface area contributed by atoms with Gasteiger partial charge in [0.25, 0.3) is 5.88 Å². The van der Waals surface area contributed by atoms with Gasteiger partial charge < -0.3 is 23.7 Å². The second kappa shape index (κ2) is 10.1. The number of carbonyl (C=O) groups is 1. The molecule has 1 aromatic heterocycles. The maximum Gasteiger partial charge on any atom is 0.270 e. The number of carbonyl (C=O) groups excluding carboxylic acids is 1. The Morgan fingerprint density at radius 3 is 2.32 bits per heavy atom. The van der Waals surface area contributed by atoms with E-state index in [0.717, 1.165) is 30.6 Å². The van der Waals surface area contributed by atoms with Crippen LogP contribution < -0.4 is 9.64 Å². The molecule has 8 nitrogen and oxygen atoms in total. The Balaban J connectivity index is 2.19. The van der Waals surface area contributed by atoms with Gasteiger partial charge in [-0.25, -0.2) is 0 Å². The van der Waals surface area contributed by atoms with Gasteiger partial charge in [-0.1, -0.05) is 20.8 Å². The summed E-state index contributed by atoms with van der Waals surface area (Å²) in [6, 6.07) is 0. The normalized spacial score (nSPS) is 16.9. The Bertz CT molecular complexity index is 724. The second-order valence-corrected chi connectivity index (χ2v) is 15.9. The van der Waals surface area contributed by atoms with Crippen molar-refractivity contribution in [2.45, 2.75) is 78.2 Å². The van der Waals surface area contributed by atoms with Crippen LogP contribution in [0.2, 0.25) is 18.1 Å². The first-order chi connectivity index (χ1) is 14.2. The molecule has 31 heavy (non-hydrogen) atoms. The Labute approximate surface area is 192 Å². The van der Waals surface area contributed by atoms with Crippen LogP contribution in [0, 0.1) is 0 Å². The van der Waals surface area contributed by atoms with E-state index < -0.39 is 8.32 Å². The molecule has 0 N–H and O–H groups in total. The maximum absolute atomic E-state index is 12.4. The molecule has 1 aromatic rings. The third kappa shape index (κ3) is 7.13. The summed E-state index contributed by atoms with van der Waals surface area (Å²) in [5.74, 6) is 1.32. The molecule has 1 atom stereocenters. The summed E-state index contributed by atoms with van der Waals surface area (Å²) in [5.41, 5.74) is -0.304. The van der Waals surface area contributed by atoms with Gasteiger partial charge in [-0.05, 0) is 38.9 Å². The predicted octanol–water partition coefficient (Wildman–Crippen LogP) is 3.79. The SMILES string of the molecule is CC(=O)N(CC(COc1nsnc1N1CCOCC1)O[Si](C)(C)C(C)(C)C)C(C)(C)C. The smallest absolute Gasteiger partial charge is 0.270 e. The van der Waals surface area contributed by atoms with Crippen LogP contribution in [0.4, 0.5) is 5.82 Å². The van der Waals surface area contributed by atoms with E-state index in [1.165, 1.54) is 0 Å². The molecule has 2 heterocycles. The fourth-order valence-corrected chi connectivity index (χ4v) is 5.05. The fourth-order valence-electron chi connectivity index (χ4n) is 3.20. The van der Waals surface area contributed by atoms with Crippen LogP contribution in [0.1, 0.15) is 48.5 Å². The van der Waals surface area contributed by atoms with E-state index >= 15 is 0 Å². The maximum atomic E-state index is 12.4. The van der Waals surface area contributed by atoms with Crippen molar-refractivity contribution >= 4 is 31.8 Å². The number of morpholine rings is 1. The van der Waals surface area contributed by atoms with Gasteiger partial charge in [0, 0.05) is 32.1 Å². The van der Waals surface area contributed by atoms with E-state index in [1.807, 2.05) is 25.7 Å². The van der Waals surface area contributed by atoms with E-state index in [-0.39, 0.29) is 22.6 Å². The largest absolute Gasteiger partial charge is 0.472 e. The molecule has 0 bridgehead atoms. The van der Waals surface area contributed by atoms with Crippen molar-refractivity contribution in [2.75, 3.05) is 44.4 Å². The van der Waals surface area contributed by atoms with E-state index in [9.17, 15) is 4.79 Å². The van der Waals surface area contributed by atoms with Gasteiger partial charge in [-0.15, -0.1) is 4.37 Å². The highest BCUT2D eigenvalue weighted by Gasteiger charge is 2.40. The van der Waals surface area contributed by atoms with Crippen molar-refractivity contribution in [3.8, 4) is 5.88 Å². The lowest BCUT2D eigenvalue weighted by molar-refractivity contribution is -0.135. The van der Waals surface area contributed by atoms with Gasteiger partial charge in [0.2, 0.25) is 11.7 Å². The molecule has 1 amide bonds. The highest BCUT2D eigenvalue weighted by molar-refractivity contribution is 6.99. The summed E-state index contributed by atoms with van der Waals surface area (Å²) in [7, 11) is -2.07. The summed E-state index contributed by atoms with van der Waals surface area (Å²) in [6.07, 6.45) is -0.261. The van der Waals surface area contributed by atoms with Crippen molar-refractivity contribution in [2.24, 2.45) is 0 Å². The molecule has 1 unspecified atom stereocenters. The van der Waals surface area contributed by atoms with Crippen LogP contribution in [0.15, 0.2) is 0 Å². The van der Waals surface area contributed by atoms with Gasteiger partial charge in [-0.2, -0.15) is 4.37 Å². The molecule has 10 heteroatoms. The fraction of sp³-hybridized carbons (Fsp3) is 0.857. The van der Waals surface area contributed by atoms with Gasteiger partial charge in [-0.3, -0.25) is 4.79 Å². The minimum atomic E-state index is -2.07. The average molecular weight is 473 g/mol. The van der Waals surface area contributed by atoms with Gasteiger partial charge in [0.15, 0.2) is 8.32 Å². The van der Waals surface area contributed by atoms with Gasteiger partial charge in [0.1, 0.15) is 6.61 Å². The van der Waals surface area contributed by atoms with Crippen molar-refractivity contribution in [1.82, 2.24) is 13.6 Å². The zero-order valence-electron chi connectivity index (χ0n) is 20.7. The van der Waals surface area contributed by atoms with Crippen LogP contribution in [0.5, 0.6) is 5.88 Å². The minimum Gasteiger partial charge on any atom is -0.472 e. The quantitative estimate of drug-likeness (QED) is 0.533. The predicted molar refractivity (Wildman–Crippen MR) is 128 cm³/mol. The Hall–Kier alpha value is -1.23. The summed E-state index contributed by atoms with van der Waals surface area (Å²) in [5, 5.41) is 0.0508. The number of ether oxygens (including phenoxy) is 2. The Morgan fingerprint density at radius 1 is 1.19 bits per heavy atom. The molecule has 1 fully saturated rings. The molecule has 0 aromatic carbocycles. The van der Waals surface area contributed by atoms with Gasteiger partial charge >= 0.3 is 0 Å². The first-order valence-electron chi connectivity index (χ1n) is 11.0. The van der Waals surface area contributed by atoms with Crippen LogP contribution in [0.3, 0.4) is 0 Å². The van der Waals surface area contributed by atoms with Crippen molar-refractivity contribution in [3.63, 3.8) is 0 Å². The lowest BCUT2D eigenvalue weighted by Crippen LogP contribution is -2.53. The number of nitrogens with zero attached hydrogens (tertiary/aromatic N) is 4. The Morgan fingerprint density at radius 2 is 1.81 bits per heavy atom. The van der Waals surface area contributed by atoms with Crippen molar-refractivity contribution in [1.29, 1.82) is 0 Å². The summed E-state index contributed by atoms with van der Waals surface area (Å²) >= 11 is 1.15. The minimum absolute atomic E-state index is 0.0284. The molecular weight excluding hydrogens is 432 g/mol. The molecule has 2 rings (SSSR count). The highest BCUT2D eigenvalue weighted by atomic mass is 32.1. The number of hydrogen-bond donors (Lipinski definition) is 0. The molecule has 0 saturated carbocycles. The first kappa shape index (κ1) is 26.0. The molecule has 178 valence electrons. The van der Waals surface area contributed by atoms with Crippen molar-refractivity contribution in [3.05, 3.63) is 0 Å². The standard InChI is InChI=1S/C21H40N4O4SSi/c1-16(26)25(20(2,3)4)14-17(29-31(8,9)21(5,6)7)15-28-19-18(22-30-23-19)24-10-12-27-13-11-24/h17H,10-15H2,1-9H3. The molecule has 0 radical (unpaired) electrons. The molecule has 0 spiro atoms. The lowest BCUT2D eigenvalue weighted by Gasteiger charge is -2.42. The summed E-state index contributed by atoms with van der Waals surface area (Å²) in [6.45, 7) is 22.5. The lowest BCUT2D eigenvalue weighted by atomic mass is 10.1. The molecule has 1 saturated heterocycles. The van der Waals surface area contributed by atoms with E-state index in [4.69, 9.17) is 13.9 Å². The zero-order valence-corrected chi connectivity index (χ0v) is 22.5. The number of anilines is 1. The molecular formula is C21H40N4O4SSi. The van der Waals surface area contributed by atoms with E-state index in [1.54, 1.807) is 6.92 Å². The molecule has 0 aliphatic carbocycles. The second-order valence-electron chi connectivity index (χ2n) is 10.6. The average Bonchev–Trinajstić information content (AvgIpc) is 3.10. The Kier molecular flexibility index (Phi) is 8.51. The van der Waals surface area contributed by atoms with Crippen molar-refractivity contribution < 1.29 is 18.7 Å². The number of hydrogen-bond acceptors (Lipinski definition) is 8. The van der Waals surface area contributed by atoms with E-state index in [2.05, 4.69) is 47.5 Å². The summed E-state index contributed by atoms with van der Waals surface area (Å²) < 4.78 is 27.1. The molecule has 1 aliphatic heterocycles. The van der Waals surface area contributed by atoms with Crippen LogP contribution in [-0.2, 0) is 14.0 Å². The summed E-state index contributed by atoms with van der Waals surface area (Å²) in [4.78, 5) is 16.4. The number of amides is 1.